The van der Waals surface area contributed by atoms with Crippen molar-refractivity contribution >= 4 is 11.9 Å². The normalized spacial score (nSPS) is 14.8. The number of carbonyl (C=O) groups excluding carboxylic acids is 1. The van der Waals surface area contributed by atoms with Gasteiger partial charge < -0.3 is 15.6 Å². The molecule has 3 aromatic rings. The van der Waals surface area contributed by atoms with E-state index in [2.05, 4.69) is 0 Å². The zero-order chi connectivity index (χ0) is 23.8. The van der Waals surface area contributed by atoms with Crippen LogP contribution in [0.1, 0.15) is 34.2 Å². The van der Waals surface area contributed by atoms with Crippen LogP contribution in [0.4, 0.5) is 13.2 Å². The first kappa shape index (κ1) is 22.5. The van der Waals surface area contributed by atoms with Gasteiger partial charge in [0.25, 0.3) is 0 Å². The largest absolute Gasteiger partial charge is 0.481 e. The highest BCUT2D eigenvalue weighted by Gasteiger charge is 2.37. The van der Waals surface area contributed by atoms with Gasteiger partial charge in [-0.2, -0.15) is 13.2 Å². The summed E-state index contributed by atoms with van der Waals surface area (Å²) in [5.74, 6) is -4.59. The molecule has 0 radical (unpaired) electrons. The van der Waals surface area contributed by atoms with E-state index in [1.54, 1.807) is 0 Å². The molecule has 1 aliphatic carbocycles. The molecule has 0 heterocycles. The molecule has 0 aromatic heterocycles. The zero-order valence-corrected chi connectivity index (χ0v) is 17.3. The second kappa shape index (κ2) is 8.71. The van der Waals surface area contributed by atoms with Crippen LogP contribution in [-0.2, 0) is 20.5 Å². The number of carboxylic acid groups (broad SMARTS) is 1. The van der Waals surface area contributed by atoms with E-state index in [4.69, 9.17) is 10.5 Å². The van der Waals surface area contributed by atoms with Crippen molar-refractivity contribution in [2.45, 2.75) is 18.1 Å². The Labute approximate surface area is 187 Å². The van der Waals surface area contributed by atoms with Crippen LogP contribution in [0.25, 0.3) is 11.1 Å². The van der Waals surface area contributed by atoms with Gasteiger partial charge >= 0.3 is 18.1 Å². The third-order valence-electron chi connectivity index (χ3n) is 5.86. The maximum absolute atomic E-state index is 12.8. The Morgan fingerprint density at radius 3 is 1.91 bits per heavy atom. The molecule has 2 atom stereocenters. The third kappa shape index (κ3) is 4.34. The molecule has 3 N–H and O–H groups in total. The highest BCUT2D eigenvalue weighted by molar-refractivity contribution is 5.95. The van der Waals surface area contributed by atoms with E-state index in [9.17, 15) is 27.9 Å². The molecule has 0 saturated carbocycles. The first-order chi connectivity index (χ1) is 15.7. The van der Waals surface area contributed by atoms with Gasteiger partial charge in [-0.15, -0.1) is 0 Å². The second-order valence-electron chi connectivity index (χ2n) is 7.82. The number of halogens is 3. The number of esters is 1. The Hall–Kier alpha value is -3.65. The monoisotopic (exact) mass is 455 g/mol. The Morgan fingerprint density at radius 2 is 1.42 bits per heavy atom. The minimum absolute atomic E-state index is 0.0869. The SMILES string of the molecule is NC(c1ccc(C(F)(F)F)cc1)[C@@H](C(=O)O)C(=O)OCC1c2ccccc2-c2ccccc21. The number of rotatable bonds is 6. The molecule has 0 spiro atoms. The fraction of sp³-hybridized carbons (Fsp3) is 0.200. The number of fused-ring (bicyclic) bond motifs is 3. The molecule has 5 nitrogen and oxygen atoms in total. The van der Waals surface area contributed by atoms with Crippen molar-refractivity contribution in [3.63, 3.8) is 0 Å². The molecule has 1 unspecified atom stereocenters. The Bertz CT molecular complexity index is 1150. The number of ether oxygens (including phenoxy) is 1. The average molecular weight is 455 g/mol. The van der Waals surface area contributed by atoms with Crippen LogP contribution >= 0.6 is 0 Å². The number of benzene rings is 3. The molecule has 33 heavy (non-hydrogen) atoms. The summed E-state index contributed by atoms with van der Waals surface area (Å²) >= 11 is 0. The maximum Gasteiger partial charge on any atom is 0.416 e. The molecule has 4 rings (SSSR count). The third-order valence-corrected chi connectivity index (χ3v) is 5.86. The van der Waals surface area contributed by atoms with Crippen molar-refractivity contribution in [2.75, 3.05) is 6.61 Å². The number of carboxylic acids is 1. The Morgan fingerprint density at radius 1 is 0.909 bits per heavy atom. The van der Waals surface area contributed by atoms with E-state index in [1.165, 1.54) is 0 Å². The minimum atomic E-state index is -4.54. The van der Waals surface area contributed by atoms with Gasteiger partial charge in [-0.3, -0.25) is 9.59 Å². The first-order valence-electron chi connectivity index (χ1n) is 10.2. The lowest BCUT2D eigenvalue weighted by molar-refractivity contribution is -0.160. The van der Waals surface area contributed by atoms with E-state index in [1.807, 2.05) is 48.5 Å². The lowest BCUT2D eigenvalue weighted by Crippen LogP contribution is -2.36. The van der Waals surface area contributed by atoms with E-state index in [0.29, 0.717) is 0 Å². The molecule has 0 amide bonds. The summed E-state index contributed by atoms with van der Waals surface area (Å²) in [4.78, 5) is 24.6. The van der Waals surface area contributed by atoms with Crippen LogP contribution in [0.5, 0.6) is 0 Å². The molecule has 3 aromatic carbocycles. The van der Waals surface area contributed by atoms with Crippen molar-refractivity contribution in [1.82, 2.24) is 0 Å². The number of nitrogens with two attached hydrogens (primary N) is 1. The number of alkyl halides is 3. The van der Waals surface area contributed by atoms with E-state index in [0.717, 1.165) is 46.5 Å². The van der Waals surface area contributed by atoms with Crippen LogP contribution in [0.3, 0.4) is 0 Å². The van der Waals surface area contributed by atoms with Gasteiger partial charge in [-0.1, -0.05) is 60.7 Å². The summed E-state index contributed by atoms with van der Waals surface area (Å²) in [5.41, 5.74) is 9.13. The van der Waals surface area contributed by atoms with Crippen LogP contribution in [0, 0.1) is 5.92 Å². The van der Waals surface area contributed by atoms with E-state index >= 15 is 0 Å². The fourth-order valence-electron chi connectivity index (χ4n) is 4.18. The molecule has 0 bridgehead atoms. The highest BCUT2D eigenvalue weighted by Crippen LogP contribution is 2.44. The smallest absolute Gasteiger partial charge is 0.416 e. The molecule has 8 heteroatoms. The summed E-state index contributed by atoms with van der Waals surface area (Å²) in [5, 5.41) is 9.61. The number of aliphatic carboxylic acids is 1. The predicted octanol–water partition coefficient (Wildman–Crippen LogP) is 4.76. The van der Waals surface area contributed by atoms with Crippen LogP contribution in [0.2, 0.25) is 0 Å². The van der Waals surface area contributed by atoms with Crippen LogP contribution in [0.15, 0.2) is 72.8 Å². The van der Waals surface area contributed by atoms with Gasteiger partial charge in [0, 0.05) is 5.92 Å². The van der Waals surface area contributed by atoms with Crippen molar-refractivity contribution < 1.29 is 32.6 Å². The lowest BCUT2D eigenvalue weighted by atomic mass is 9.93. The van der Waals surface area contributed by atoms with Crippen molar-refractivity contribution in [3.05, 3.63) is 95.1 Å². The number of hydrogen-bond donors (Lipinski definition) is 2. The van der Waals surface area contributed by atoms with Crippen LogP contribution in [-0.4, -0.2) is 23.7 Å². The molecule has 0 saturated heterocycles. The topological polar surface area (TPSA) is 89.6 Å². The Kier molecular flexibility index (Phi) is 5.95. The standard InChI is InChI=1S/C25H20F3NO4/c26-25(27,28)15-11-9-14(10-12-15)22(29)21(23(30)31)24(32)33-13-20-18-7-3-1-5-16(18)17-6-2-4-8-19(17)20/h1-12,20-22H,13,29H2,(H,30,31)/t21-,22?/m0/s1. The average Bonchev–Trinajstić information content (AvgIpc) is 3.11. The molecule has 0 fully saturated rings. The predicted molar refractivity (Wildman–Crippen MR) is 114 cm³/mol. The molecule has 170 valence electrons. The fourth-order valence-corrected chi connectivity index (χ4v) is 4.18. The quantitative estimate of drug-likeness (QED) is 0.413. The summed E-state index contributed by atoms with van der Waals surface area (Å²) < 4.78 is 43.8. The van der Waals surface area contributed by atoms with Crippen molar-refractivity contribution in [3.8, 4) is 11.1 Å². The molecule has 0 aliphatic heterocycles. The summed E-state index contributed by atoms with van der Waals surface area (Å²) in [6, 6.07) is 17.7. The van der Waals surface area contributed by atoms with E-state index < -0.39 is 35.6 Å². The van der Waals surface area contributed by atoms with Crippen LogP contribution < -0.4 is 5.73 Å². The second-order valence-corrected chi connectivity index (χ2v) is 7.82. The van der Waals surface area contributed by atoms with Gasteiger partial charge in [-0.05, 0) is 39.9 Å². The lowest BCUT2D eigenvalue weighted by Gasteiger charge is -2.21. The van der Waals surface area contributed by atoms with Crippen molar-refractivity contribution in [2.24, 2.45) is 11.7 Å². The summed E-state index contributed by atoms with van der Waals surface area (Å²) in [7, 11) is 0. The van der Waals surface area contributed by atoms with Gasteiger partial charge in [0.05, 0.1) is 11.6 Å². The molecular weight excluding hydrogens is 435 g/mol. The summed E-state index contributed by atoms with van der Waals surface area (Å²) in [6.45, 7) is -0.0869. The minimum Gasteiger partial charge on any atom is -0.481 e. The van der Waals surface area contributed by atoms with Gasteiger partial charge in [0.15, 0.2) is 5.92 Å². The van der Waals surface area contributed by atoms with E-state index in [-0.39, 0.29) is 18.1 Å². The highest BCUT2D eigenvalue weighted by atomic mass is 19.4. The summed E-state index contributed by atoms with van der Waals surface area (Å²) in [6.07, 6.45) is -4.54. The van der Waals surface area contributed by atoms with Crippen molar-refractivity contribution in [1.29, 1.82) is 0 Å². The van der Waals surface area contributed by atoms with Gasteiger partial charge in [0.1, 0.15) is 6.61 Å². The first-order valence-corrected chi connectivity index (χ1v) is 10.2. The number of carbonyl (C=O) groups is 2. The Balaban J connectivity index is 1.52. The molecular formula is C25H20F3NO4. The van der Waals surface area contributed by atoms with Gasteiger partial charge in [0.2, 0.25) is 0 Å². The van der Waals surface area contributed by atoms with Gasteiger partial charge in [-0.25, -0.2) is 0 Å². The number of hydrogen-bond acceptors (Lipinski definition) is 4. The zero-order valence-electron chi connectivity index (χ0n) is 17.3. The maximum atomic E-state index is 12.8. The molecule has 1 aliphatic rings.